The summed E-state index contributed by atoms with van der Waals surface area (Å²) in [5.74, 6) is 0.883. The standard InChI is InChI=1S/C16H19NO/c1-12-8-9-15(13(2)17)16(10-12)18-11-14-6-4-3-5-7-14/h3-10,13H,11,17H2,1-2H3. The van der Waals surface area contributed by atoms with Crippen molar-refractivity contribution in [2.45, 2.75) is 26.5 Å². The van der Waals surface area contributed by atoms with E-state index in [2.05, 4.69) is 25.1 Å². The second-order valence-electron chi connectivity index (χ2n) is 4.60. The van der Waals surface area contributed by atoms with E-state index >= 15 is 0 Å². The lowest BCUT2D eigenvalue weighted by atomic mass is 10.1. The highest BCUT2D eigenvalue weighted by Crippen LogP contribution is 2.25. The summed E-state index contributed by atoms with van der Waals surface area (Å²) in [6.07, 6.45) is 0. The molecular formula is C16H19NO. The number of nitrogens with two attached hydrogens (primary N) is 1. The third-order valence-corrected chi connectivity index (χ3v) is 2.90. The molecule has 2 rings (SSSR count). The van der Waals surface area contributed by atoms with Crippen LogP contribution in [0.5, 0.6) is 5.75 Å². The largest absolute Gasteiger partial charge is 0.489 e. The van der Waals surface area contributed by atoms with Gasteiger partial charge >= 0.3 is 0 Å². The molecule has 0 spiro atoms. The van der Waals surface area contributed by atoms with Crippen molar-refractivity contribution in [2.75, 3.05) is 0 Å². The number of aryl methyl sites for hydroxylation is 1. The summed E-state index contributed by atoms with van der Waals surface area (Å²) in [7, 11) is 0. The number of hydrogen-bond acceptors (Lipinski definition) is 2. The molecule has 0 saturated heterocycles. The summed E-state index contributed by atoms with van der Waals surface area (Å²) < 4.78 is 5.89. The normalized spacial score (nSPS) is 12.2. The molecule has 2 heteroatoms. The molecule has 1 atom stereocenters. The smallest absolute Gasteiger partial charge is 0.124 e. The molecule has 0 aliphatic rings. The zero-order valence-corrected chi connectivity index (χ0v) is 10.9. The van der Waals surface area contributed by atoms with Crippen LogP contribution in [0, 0.1) is 6.92 Å². The Kier molecular flexibility index (Phi) is 4.00. The van der Waals surface area contributed by atoms with Gasteiger partial charge in [-0.15, -0.1) is 0 Å². The third kappa shape index (κ3) is 3.11. The van der Waals surface area contributed by atoms with E-state index in [1.807, 2.05) is 37.3 Å². The first-order valence-electron chi connectivity index (χ1n) is 6.19. The zero-order chi connectivity index (χ0) is 13.0. The Hall–Kier alpha value is -1.80. The Morgan fingerprint density at radius 1 is 1.11 bits per heavy atom. The first-order valence-corrected chi connectivity index (χ1v) is 6.19. The van der Waals surface area contributed by atoms with E-state index in [-0.39, 0.29) is 6.04 Å². The fourth-order valence-corrected chi connectivity index (χ4v) is 1.88. The fraction of sp³-hybridized carbons (Fsp3) is 0.250. The Labute approximate surface area is 108 Å². The van der Waals surface area contributed by atoms with Gasteiger partial charge in [0.1, 0.15) is 12.4 Å². The molecule has 0 bridgehead atoms. The van der Waals surface area contributed by atoms with E-state index in [4.69, 9.17) is 10.5 Å². The van der Waals surface area contributed by atoms with Crippen molar-refractivity contribution >= 4 is 0 Å². The van der Waals surface area contributed by atoms with Crippen LogP contribution in [0.2, 0.25) is 0 Å². The van der Waals surface area contributed by atoms with Crippen molar-refractivity contribution in [1.82, 2.24) is 0 Å². The van der Waals surface area contributed by atoms with Gasteiger partial charge in [0, 0.05) is 11.6 Å². The lowest BCUT2D eigenvalue weighted by Gasteiger charge is -2.14. The highest BCUT2D eigenvalue weighted by Gasteiger charge is 2.08. The second-order valence-corrected chi connectivity index (χ2v) is 4.60. The van der Waals surface area contributed by atoms with Crippen molar-refractivity contribution < 1.29 is 4.74 Å². The SMILES string of the molecule is Cc1ccc(C(C)N)c(OCc2ccccc2)c1. The molecule has 18 heavy (non-hydrogen) atoms. The Bertz CT molecular complexity index is 506. The van der Waals surface area contributed by atoms with Crippen LogP contribution in [0.25, 0.3) is 0 Å². The Morgan fingerprint density at radius 3 is 2.50 bits per heavy atom. The maximum atomic E-state index is 5.95. The van der Waals surface area contributed by atoms with E-state index in [0.29, 0.717) is 6.61 Å². The first kappa shape index (κ1) is 12.7. The van der Waals surface area contributed by atoms with Crippen LogP contribution in [-0.4, -0.2) is 0 Å². The van der Waals surface area contributed by atoms with Gasteiger partial charge in [-0.05, 0) is 31.0 Å². The Morgan fingerprint density at radius 2 is 1.83 bits per heavy atom. The summed E-state index contributed by atoms with van der Waals surface area (Å²) in [6.45, 7) is 4.60. The van der Waals surface area contributed by atoms with Crippen LogP contribution in [-0.2, 0) is 6.61 Å². The van der Waals surface area contributed by atoms with Gasteiger partial charge in [0.15, 0.2) is 0 Å². The van der Waals surface area contributed by atoms with Crippen LogP contribution in [0.1, 0.15) is 29.7 Å². The van der Waals surface area contributed by atoms with E-state index in [9.17, 15) is 0 Å². The van der Waals surface area contributed by atoms with E-state index < -0.39 is 0 Å². The van der Waals surface area contributed by atoms with E-state index in [1.54, 1.807) is 0 Å². The molecule has 0 radical (unpaired) electrons. The fourth-order valence-electron chi connectivity index (χ4n) is 1.88. The molecule has 2 nitrogen and oxygen atoms in total. The molecule has 0 aromatic heterocycles. The maximum absolute atomic E-state index is 5.95. The highest BCUT2D eigenvalue weighted by atomic mass is 16.5. The minimum absolute atomic E-state index is 0.0172. The first-order chi connectivity index (χ1) is 8.66. The minimum atomic E-state index is -0.0172. The van der Waals surface area contributed by atoms with Gasteiger partial charge in [0.2, 0.25) is 0 Å². The summed E-state index contributed by atoms with van der Waals surface area (Å²) in [5, 5.41) is 0. The molecule has 94 valence electrons. The molecule has 1 unspecified atom stereocenters. The molecule has 2 aromatic carbocycles. The average Bonchev–Trinajstić information content (AvgIpc) is 2.37. The molecule has 0 fully saturated rings. The molecule has 0 aliphatic heterocycles. The van der Waals surface area contributed by atoms with Crippen molar-refractivity contribution in [3.8, 4) is 5.75 Å². The predicted molar refractivity (Wildman–Crippen MR) is 74.6 cm³/mol. The van der Waals surface area contributed by atoms with Crippen LogP contribution in [0.4, 0.5) is 0 Å². The maximum Gasteiger partial charge on any atom is 0.124 e. The highest BCUT2D eigenvalue weighted by molar-refractivity contribution is 5.39. The summed E-state index contributed by atoms with van der Waals surface area (Å²) in [5.41, 5.74) is 9.35. The topological polar surface area (TPSA) is 35.2 Å². The average molecular weight is 241 g/mol. The van der Waals surface area contributed by atoms with Crippen molar-refractivity contribution in [1.29, 1.82) is 0 Å². The summed E-state index contributed by atoms with van der Waals surface area (Å²) >= 11 is 0. The van der Waals surface area contributed by atoms with Crippen LogP contribution < -0.4 is 10.5 Å². The van der Waals surface area contributed by atoms with Crippen molar-refractivity contribution in [3.05, 3.63) is 65.2 Å². The second kappa shape index (κ2) is 5.69. The van der Waals surface area contributed by atoms with Gasteiger partial charge in [-0.25, -0.2) is 0 Å². The number of rotatable bonds is 4. The zero-order valence-electron chi connectivity index (χ0n) is 10.9. The molecule has 2 N–H and O–H groups in total. The van der Waals surface area contributed by atoms with E-state index in [0.717, 1.165) is 16.9 Å². The van der Waals surface area contributed by atoms with Crippen LogP contribution >= 0.6 is 0 Å². The van der Waals surface area contributed by atoms with Gasteiger partial charge in [0.25, 0.3) is 0 Å². The van der Waals surface area contributed by atoms with Gasteiger partial charge in [0.05, 0.1) is 0 Å². The van der Waals surface area contributed by atoms with Gasteiger partial charge in [-0.2, -0.15) is 0 Å². The molecule has 2 aromatic rings. The van der Waals surface area contributed by atoms with Gasteiger partial charge in [-0.3, -0.25) is 0 Å². The van der Waals surface area contributed by atoms with Crippen LogP contribution in [0.15, 0.2) is 48.5 Å². The lowest BCUT2D eigenvalue weighted by Crippen LogP contribution is -2.08. The monoisotopic (exact) mass is 241 g/mol. The minimum Gasteiger partial charge on any atom is -0.489 e. The molecule has 0 heterocycles. The van der Waals surface area contributed by atoms with Crippen molar-refractivity contribution in [2.24, 2.45) is 5.73 Å². The quantitative estimate of drug-likeness (QED) is 0.887. The van der Waals surface area contributed by atoms with E-state index in [1.165, 1.54) is 5.56 Å². The third-order valence-electron chi connectivity index (χ3n) is 2.90. The number of hydrogen-bond donors (Lipinski definition) is 1. The van der Waals surface area contributed by atoms with Gasteiger partial charge < -0.3 is 10.5 Å². The predicted octanol–water partition coefficient (Wildman–Crippen LogP) is 3.59. The number of benzene rings is 2. The molecule has 0 aliphatic carbocycles. The summed E-state index contributed by atoms with van der Waals surface area (Å²) in [4.78, 5) is 0. The molecular weight excluding hydrogens is 222 g/mol. The summed E-state index contributed by atoms with van der Waals surface area (Å²) in [6, 6.07) is 16.3. The lowest BCUT2D eigenvalue weighted by molar-refractivity contribution is 0.301. The Balaban J connectivity index is 2.15. The molecule has 0 saturated carbocycles. The van der Waals surface area contributed by atoms with Crippen LogP contribution in [0.3, 0.4) is 0 Å². The molecule has 0 amide bonds. The van der Waals surface area contributed by atoms with Gasteiger partial charge in [-0.1, -0.05) is 42.5 Å². The number of ether oxygens (including phenoxy) is 1. The van der Waals surface area contributed by atoms with Crippen molar-refractivity contribution in [3.63, 3.8) is 0 Å².